The lowest BCUT2D eigenvalue weighted by molar-refractivity contribution is 0.305. The summed E-state index contributed by atoms with van der Waals surface area (Å²) in [6.45, 7) is 6.35. The Labute approximate surface area is 116 Å². The van der Waals surface area contributed by atoms with Crippen molar-refractivity contribution in [3.8, 4) is 0 Å². The normalized spacial score (nSPS) is 20.8. The molecule has 1 aliphatic rings. The fraction of sp³-hybridized carbons (Fsp3) is 0.500. The lowest BCUT2D eigenvalue weighted by atomic mass is 10.5. The van der Waals surface area contributed by atoms with E-state index in [1.165, 1.54) is 0 Å². The van der Waals surface area contributed by atoms with Crippen LogP contribution in [-0.2, 0) is 12.3 Å². The highest BCUT2D eigenvalue weighted by molar-refractivity contribution is 6.78. The minimum atomic E-state index is -1.28. The molecule has 3 nitrogen and oxygen atoms in total. The van der Waals surface area contributed by atoms with Crippen molar-refractivity contribution in [1.82, 2.24) is 0 Å². The van der Waals surface area contributed by atoms with Crippen molar-refractivity contribution in [1.29, 1.82) is 0 Å². The second-order valence-electron chi connectivity index (χ2n) is 3.70. The van der Waals surface area contributed by atoms with Gasteiger partial charge in [0.25, 0.3) is 0 Å². The SMILES string of the molecule is CCC=C[Si]1O[Si](C=CCC)O[Si](C=CCC)O1. The summed E-state index contributed by atoms with van der Waals surface area (Å²) < 4.78 is 17.6. The van der Waals surface area contributed by atoms with Crippen LogP contribution < -0.4 is 0 Å². The predicted molar refractivity (Wildman–Crippen MR) is 78.8 cm³/mol. The average molecular weight is 298 g/mol. The summed E-state index contributed by atoms with van der Waals surface area (Å²) in [6, 6.07) is 0. The van der Waals surface area contributed by atoms with Crippen LogP contribution in [0.2, 0.25) is 0 Å². The molecule has 0 spiro atoms. The molecule has 0 amide bonds. The molecular formula is C12H21O3Si3. The van der Waals surface area contributed by atoms with Crippen LogP contribution in [0.1, 0.15) is 40.0 Å². The van der Waals surface area contributed by atoms with Crippen molar-refractivity contribution < 1.29 is 12.3 Å². The van der Waals surface area contributed by atoms with Crippen molar-refractivity contribution in [2.75, 3.05) is 0 Å². The van der Waals surface area contributed by atoms with Gasteiger partial charge in [-0.1, -0.05) is 39.0 Å². The van der Waals surface area contributed by atoms with E-state index < -0.39 is 27.9 Å². The minimum absolute atomic E-state index is 1.02. The second-order valence-corrected chi connectivity index (χ2v) is 9.06. The van der Waals surface area contributed by atoms with Crippen molar-refractivity contribution in [3.05, 3.63) is 35.3 Å². The van der Waals surface area contributed by atoms with Crippen LogP contribution in [0.15, 0.2) is 35.3 Å². The van der Waals surface area contributed by atoms with Crippen LogP contribution in [0.5, 0.6) is 0 Å². The van der Waals surface area contributed by atoms with E-state index in [0.29, 0.717) is 0 Å². The molecule has 1 fully saturated rings. The Kier molecular flexibility index (Phi) is 8.48. The Bertz CT molecular complexity index is 251. The summed E-state index contributed by atoms with van der Waals surface area (Å²) in [6.07, 6.45) is 9.40. The summed E-state index contributed by atoms with van der Waals surface area (Å²) in [7, 11) is -3.85. The molecule has 0 saturated carbocycles. The van der Waals surface area contributed by atoms with Crippen molar-refractivity contribution in [2.24, 2.45) is 0 Å². The molecule has 3 radical (unpaired) electrons. The molecule has 0 N–H and O–H groups in total. The van der Waals surface area contributed by atoms with Gasteiger partial charge < -0.3 is 12.3 Å². The van der Waals surface area contributed by atoms with E-state index in [0.717, 1.165) is 19.3 Å². The third kappa shape index (κ3) is 6.08. The molecule has 1 heterocycles. The van der Waals surface area contributed by atoms with Crippen LogP contribution in [-0.4, -0.2) is 27.9 Å². The monoisotopic (exact) mass is 297 g/mol. The van der Waals surface area contributed by atoms with E-state index in [4.69, 9.17) is 12.3 Å². The maximum atomic E-state index is 5.88. The van der Waals surface area contributed by atoms with Crippen LogP contribution in [0, 0.1) is 0 Å². The number of hydrogen-bond donors (Lipinski definition) is 0. The molecule has 0 aliphatic carbocycles. The Hall–Kier alpha value is -0.249. The zero-order valence-corrected chi connectivity index (χ0v) is 14.3. The lowest BCUT2D eigenvalue weighted by Crippen LogP contribution is -2.47. The minimum Gasteiger partial charge on any atom is -0.407 e. The summed E-state index contributed by atoms with van der Waals surface area (Å²) in [5.41, 5.74) is 6.26. The highest BCUT2D eigenvalue weighted by Gasteiger charge is 2.34. The van der Waals surface area contributed by atoms with E-state index in [2.05, 4.69) is 56.1 Å². The molecule has 6 heteroatoms. The van der Waals surface area contributed by atoms with Gasteiger partial charge in [-0.3, -0.25) is 0 Å². The standard InChI is InChI=1S/C12H21O3Si3/c1-4-7-10-16-13-17(11-8-5-2)15-18(14-16)12-9-6-3/h7-12H,4-6H2,1-3H3. The topological polar surface area (TPSA) is 27.7 Å². The van der Waals surface area contributed by atoms with Gasteiger partial charge in [-0.05, 0) is 36.4 Å². The van der Waals surface area contributed by atoms with E-state index in [1.54, 1.807) is 0 Å². The van der Waals surface area contributed by atoms with Gasteiger partial charge in [0, 0.05) is 0 Å². The number of hydrogen-bond acceptors (Lipinski definition) is 3. The highest BCUT2D eigenvalue weighted by Crippen LogP contribution is 2.11. The molecule has 0 atom stereocenters. The van der Waals surface area contributed by atoms with Crippen LogP contribution >= 0.6 is 0 Å². The third-order valence-corrected chi connectivity index (χ3v) is 8.42. The fourth-order valence-electron chi connectivity index (χ4n) is 1.21. The zero-order chi connectivity index (χ0) is 13.2. The van der Waals surface area contributed by atoms with Gasteiger partial charge in [0.15, 0.2) is 0 Å². The summed E-state index contributed by atoms with van der Waals surface area (Å²) in [5.74, 6) is 0. The van der Waals surface area contributed by atoms with Crippen molar-refractivity contribution in [3.63, 3.8) is 0 Å². The average Bonchev–Trinajstić information content (AvgIpc) is 2.40. The van der Waals surface area contributed by atoms with Gasteiger partial charge in [0.2, 0.25) is 0 Å². The Balaban J connectivity index is 2.62. The van der Waals surface area contributed by atoms with Gasteiger partial charge >= 0.3 is 27.9 Å². The first-order chi connectivity index (χ1) is 8.80. The fourth-order valence-corrected chi connectivity index (χ4v) is 8.13. The van der Waals surface area contributed by atoms with Crippen molar-refractivity contribution in [2.45, 2.75) is 40.0 Å². The molecule has 99 valence electrons. The molecule has 0 aromatic rings. The summed E-state index contributed by atoms with van der Waals surface area (Å²) in [5, 5.41) is 0. The predicted octanol–water partition coefficient (Wildman–Crippen LogP) is 3.03. The molecule has 1 aliphatic heterocycles. The third-order valence-electron chi connectivity index (χ3n) is 2.07. The number of allylic oxidation sites excluding steroid dienone is 3. The number of rotatable bonds is 6. The molecule has 1 saturated heterocycles. The van der Waals surface area contributed by atoms with Gasteiger partial charge in [-0.2, -0.15) is 0 Å². The Morgan fingerprint density at radius 3 is 1.11 bits per heavy atom. The van der Waals surface area contributed by atoms with Gasteiger partial charge in [-0.15, -0.1) is 0 Å². The lowest BCUT2D eigenvalue weighted by Gasteiger charge is -2.27. The maximum Gasteiger partial charge on any atom is 0.396 e. The highest BCUT2D eigenvalue weighted by atomic mass is 28.5. The molecule has 0 aromatic heterocycles. The van der Waals surface area contributed by atoms with Gasteiger partial charge in [0.1, 0.15) is 0 Å². The molecular weight excluding hydrogens is 276 g/mol. The first-order valence-electron chi connectivity index (χ1n) is 6.44. The van der Waals surface area contributed by atoms with Crippen molar-refractivity contribution >= 4 is 27.9 Å². The molecule has 0 unspecified atom stereocenters. The quantitative estimate of drug-likeness (QED) is 0.705. The largest absolute Gasteiger partial charge is 0.407 e. The Morgan fingerprint density at radius 2 is 0.889 bits per heavy atom. The van der Waals surface area contributed by atoms with Gasteiger partial charge in [0.05, 0.1) is 0 Å². The van der Waals surface area contributed by atoms with Crippen LogP contribution in [0.4, 0.5) is 0 Å². The first kappa shape index (κ1) is 15.8. The van der Waals surface area contributed by atoms with E-state index in [9.17, 15) is 0 Å². The second kappa shape index (κ2) is 9.65. The first-order valence-corrected chi connectivity index (χ1v) is 10.6. The van der Waals surface area contributed by atoms with E-state index in [1.807, 2.05) is 0 Å². The zero-order valence-electron chi connectivity index (χ0n) is 11.3. The van der Waals surface area contributed by atoms with Crippen LogP contribution in [0.25, 0.3) is 0 Å². The smallest absolute Gasteiger partial charge is 0.396 e. The van der Waals surface area contributed by atoms with E-state index in [-0.39, 0.29) is 0 Å². The molecule has 1 rings (SSSR count). The molecule has 0 aromatic carbocycles. The van der Waals surface area contributed by atoms with Gasteiger partial charge in [-0.25, -0.2) is 0 Å². The molecule has 18 heavy (non-hydrogen) atoms. The maximum absolute atomic E-state index is 5.88. The molecule has 0 bridgehead atoms. The Morgan fingerprint density at radius 1 is 0.611 bits per heavy atom. The summed E-state index contributed by atoms with van der Waals surface area (Å²) >= 11 is 0. The van der Waals surface area contributed by atoms with E-state index >= 15 is 0 Å². The summed E-state index contributed by atoms with van der Waals surface area (Å²) in [4.78, 5) is 0. The van der Waals surface area contributed by atoms with Crippen LogP contribution in [0.3, 0.4) is 0 Å².